The van der Waals surface area contributed by atoms with Crippen molar-refractivity contribution in [2.24, 2.45) is 0 Å². The van der Waals surface area contributed by atoms with Crippen LogP contribution in [-0.4, -0.2) is 16.1 Å². The van der Waals surface area contributed by atoms with Gasteiger partial charge < -0.3 is 9.52 Å². The highest BCUT2D eigenvalue weighted by atomic mass is 35.5. The second-order valence-electron chi connectivity index (χ2n) is 4.51. The Kier molecular flexibility index (Phi) is 3.96. The lowest BCUT2D eigenvalue weighted by Crippen LogP contribution is -2.01. The molecule has 0 saturated heterocycles. The Hall–Kier alpha value is -2.18. The maximum Gasteiger partial charge on any atom is 0.309 e. The molecule has 2 aromatic heterocycles. The van der Waals surface area contributed by atoms with E-state index in [0.29, 0.717) is 26.9 Å². The number of thiophene rings is 1. The van der Waals surface area contributed by atoms with Crippen molar-refractivity contribution >= 4 is 28.9 Å². The highest BCUT2D eigenvalue weighted by Gasteiger charge is 2.19. The van der Waals surface area contributed by atoms with Gasteiger partial charge >= 0.3 is 5.97 Å². The Morgan fingerprint density at radius 3 is 2.64 bits per heavy atom. The summed E-state index contributed by atoms with van der Waals surface area (Å²) in [7, 11) is 0. The predicted octanol–water partition coefficient (Wildman–Crippen LogP) is 4.49. The van der Waals surface area contributed by atoms with Crippen molar-refractivity contribution in [1.82, 2.24) is 4.98 Å². The summed E-state index contributed by atoms with van der Waals surface area (Å²) in [5.41, 5.74) is 1.55. The number of carbonyl (C=O) groups is 1. The minimum atomic E-state index is -1.01. The van der Waals surface area contributed by atoms with Gasteiger partial charge in [-0.05, 0) is 30.3 Å². The van der Waals surface area contributed by atoms with Crippen molar-refractivity contribution < 1.29 is 18.7 Å². The van der Waals surface area contributed by atoms with Crippen LogP contribution >= 0.6 is 22.9 Å². The molecule has 0 amide bonds. The zero-order chi connectivity index (χ0) is 15.7. The second-order valence-corrected chi connectivity index (χ2v) is 6.05. The molecule has 0 atom stereocenters. The third-order valence-corrected chi connectivity index (χ3v) is 4.03. The largest absolute Gasteiger partial charge is 0.481 e. The summed E-state index contributed by atoms with van der Waals surface area (Å²) >= 11 is 7.22. The van der Waals surface area contributed by atoms with Crippen molar-refractivity contribution in [1.29, 1.82) is 0 Å². The molecular formula is C15H9ClFNO3S. The van der Waals surface area contributed by atoms with E-state index in [9.17, 15) is 9.18 Å². The molecule has 0 aliphatic carbocycles. The average molecular weight is 338 g/mol. The van der Waals surface area contributed by atoms with Gasteiger partial charge in [-0.1, -0.05) is 11.6 Å². The van der Waals surface area contributed by atoms with Crippen molar-refractivity contribution in [3.8, 4) is 22.8 Å². The summed E-state index contributed by atoms with van der Waals surface area (Å²) in [5, 5.41) is 10.8. The number of oxazole rings is 1. The molecule has 1 aromatic carbocycles. The first-order valence-corrected chi connectivity index (χ1v) is 7.50. The lowest BCUT2D eigenvalue weighted by molar-refractivity contribution is -0.136. The quantitative estimate of drug-likeness (QED) is 0.762. The first kappa shape index (κ1) is 14.7. The van der Waals surface area contributed by atoms with E-state index in [0.717, 1.165) is 0 Å². The molecule has 2 heterocycles. The van der Waals surface area contributed by atoms with E-state index in [4.69, 9.17) is 21.1 Å². The molecule has 7 heteroatoms. The van der Waals surface area contributed by atoms with E-state index >= 15 is 0 Å². The lowest BCUT2D eigenvalue weighted by Gasteiger charge is -1.95. The van der Waals surface area contributed by atoms with Gasteiger partial charge in [0.05, 0.1) is 16.5 Å². The number of aromatic nitrogens is 1. The van der Waals surface area contributed by atoms with Gasteiger partial charge in [0.25, 0.3) is 0 Å². The molecule has 3 rings (SSSR count). The lowest BCUT2D eigenvalue weighted by atomic mass is 10.2. The maximum absolute atomic E-state index is 13.0. The van der Waals surface area contributed by atoms with Crippen LogP contribution in [0.15, 0.2) is 40.1 Å². The fourth-order valence-electron chi connectivity index (χ4n) is 1.99. The number of nitrogens with zero attached hydrogens (tertiary/aromatic N) is 1. The SMILES string of the molecule is O=C(O)Cc1nc(-c2ccc(F)cc2)oc1-c1csc(Cl)c1. The van der Waals surface area contributed by atoms with E-state index in [1.807, 2.05) is 0 Å². The van der Waals surface area contributed by atoms with Gasteiger partial charge in [-0.25, -0.2) is 9.37 Å². The van der Waals surface area contributed by atoms with Gasteiger partial charge in [0.1, 0.15) is 5.82 Å². The monoisotopic (exact) mass is 337 g/mol. The number of hydrogen-bond donors (Lipinski definition) is 1. The highest BCUT2D eigenvalue weighted by Crippen LogP contribution is 2.34. The molecule has 0 radical (unpaired) electrons. The zero-order valence-corrected chi connectivity index (χ0v) is 12.6. The van der Waals surface area contributed by atoms with Crippen molar-refractivity contribution in [2.45, 2.75) is 6.42 Å². The summed E-state index contributed by atoms with van der Waals surface area (Å²) in [6.45, 7) is 0. The van der Waals surface area contributed by atoms with E-state index < -0.39 is 5.97 Å². The maximum atomic E-state index is 13.0. The van der Waals surface area contributed by atoms with Gasteiger partial charge in [-0.2, -0.15) is 0 Å². The van der Waals surface area contributed by atoms with Crippen LogP contribution in [0.1, 0.15) is 5.69 Å². The summed E-state index contributed by atoms with van der Waals surface area (Å²) in [6.07, 6.45) is -0.270. The molecule has 22 heavy (non-hydrogen) atoms. The third kappa shape index (κ3) is 3.03. The molecule has 0 unspecified atom stereocenters. The molecule has 4 nitrogen and oxygen atoms in total. The number of carboxylic acid groups (broad SMARTS) is 1. The standard InChI is InChI=1S/C15H9ClFNO3S/c16-12-5-9(7-22-12)14-11(6-13(19)20)18-15(21-14)8-1-3-10(17)4-2-8/h1-5,7H,6H2,(H,19,20). The van der Waals surface area contributed by atoms with Crippen LogP contribution < -0.4 is 0 Å². The topological polar surface area (TPSA) is 63.3 Å². The molecule has 112 valence electrons. The Morgan fingerprint density at radius 1 is 1.32 bits per heavy atom. The predicted molar refractivity (Wildman–Crippen MR) is 81.6 cm³/mol. The van der Waals surface area contributed by atoms with Crippen LogP contribution in [0.3, 0.4) is 0 Å². The van der Waals surface area contributed by atoms with E-state index in [1.165, 1.54) is 35.6 Å². The second kappa shape index (κ2) is 5.90. The van der Waals surface area contributed by atoms with Gasteiger partial charge in [0, 0.05) is 16.5 Å². The number of hydrogen-bond acceptors (Lipinski definition) is 4. The summed E-state index contributed by atoms with van der Waals surface area (Å²) in [6, 6.07) is 7.31. The molecule has 3 aromatic rings. The Bertz CT molecular complexity index is 826. The zero-order valence-electron chi connectivity index (χ0n) is 11.0. The molecule has 0 fully saturated rings. The number of benzene rings is 1. The van der Waals surface area contributed by atoms with Gasteiger partial charge in [-0.15, -0.1) is 11.3 Å². The number of halogens is 2. The molecule has 0 aliphatic rings. The first-order valence-electron chi connectivity index (χ1n) is 6.25. The summed E-state index contributed by atoms with van der Waals surface area (Å²) < 4.78 is 19.2. The fourth-order valence-corrected chi connectivity index (χ4v) is 2.85. The van der Waals surface area contributed by atoms with E-state index in [1.54, 1.807) is 11.4 Å². The van der Waals surface area contributed by atoms with Gasteiger partial charge in [0.2, 0.25) is 5.89 Å². The van der Waals surface area contributed by atoms with Crippen molar-refractivity contribution in [3.63, 3.8) is 0 Å². The summed E-state index contributed by atoms with van der Waals surface area (Å²) in [4.78, 5) is 15.2. The van der Waals surface area contributed by atoms with E-state index in [-0.39, 0.29) is 18.1 Å². The van der Waals surface area contributed by atoms with Gasteiger partial charge in [-0.3, -0.25) is 4.79 Å². The number of rotatable bonds is 4. The van der Waals surface area contributed by atoms with Gasteiger partial charge in [0.15, 0.2) is 5.76 Å². The minimum Gasteiger partial charge on any atom is -0.481 e. The minimum absolute atomic E-state index is 0.244. The molecule has 0 aliphatic heterocycles. The van der Waals surface area contributed by atoms with E-state index in [2.05, 4.69) is 4.98 Å². The molecule has 1 N–H and O–H groups in total. The molecule has 0 spiro atoms. The Morgan fingerprint density at radius 2 is 2.05 bits per heavy atom. The normalized spacial score (nSPS) is 10.8. The highest BCUT2D eigenvalue weighted by molar-refractivity contribution is 7.14. The average Bonchev–Trinajstić information content (AvgIpc) is 3.05. The molecule has 0 saturated carbocycles. The Balaban J connectivity index is 2.07. The third-order valence-electron chi connectivity index (χ3n) is 2.94. The number of aliphatic carboxylic acids is 1. The first-order chi connectivity index (χ1) is 10.5. The Labute approximate surface area is 133 Å². The van der Waals surface area contributed by atoms with Crippen LogP contribution in [0.25, 0.3) is 22.8 Å². The van der Waals surface area contributed by atoms with Crippen LogP contribution in [0.5, 0.6) is 0 Å². The van der Waals surface area contributed by atoms with Crippen LogP contribution in [0.4, 0.5) is 4.39 Å². The van der Waals surface area contributed by atoms with Crippen molar-refractivity contribution in [2.75, 3.05) is 0 Å². The molecular weight excluding hydrogens is 329 g/mol. The van der Waals surface area contributed by atoms with Crippen LogP contribution in [0, 0.1) is 5.82 Å². The molecule has 0 bridgehead atoms. The van der Waals surface area contributed by atoms with Crippen LogP contribution in [0.2, 0.25) is 4.34 Å². The van der Waals surface area contributed by atoms with Crippen LogP contribution in [-0.2, 0) is 11.2 Å². The fraction of sp³-hybridized carbons (Fsp3) is 0.0667. The smallest absolute Gasteiger partial charge is 0.309 e. The van der Waals surface area contributed by atoms with Crippen molar-refractivity contribution in [3.05, 3.63) is 51.6 Å². The number of carboxylic acids is 1. The summed E-state index contributed by atoms with van der Waals surface area (Å²) in [5.74, 6) is -0.772.